The number of carbonyl (C=O) groups is 2. The Morgan fingerprint density at radius 2 is 1.88 bits per heavy atom. The summed E-state index contributed by atoms with van der Waals surface area (Å²) in [5.41, 5.74) is 8.14. The zero-order chi connectivity index (χ0) is 22.9. The van der Waals surface area contributed by atoms with Gasteiger partial charge in [-0.15, -0.1) is 0 Å². The first-order valence-corrected chi connectivity index (χ1v) is 11.1. The summed E-state index contributed by atoms with van der Waals surface area (Å²) in [5, 5.41) is 5.90. The average molecular weight is 434 g/mol. The first kappa shape index (κ1) is 21.9. The van der Waals surface area contributed by atoms with Crippen LogP contribution in [0.2, 0.25) is 0 Å². The van der Waals surface area contributed by atoms with Gasteiger partial charge < -0.3 is 16.4 Å². The van der Waals surface area contributed by atoms with Crippen molar-refractivity contribution in [3.8, 4) is 0 Å². The van der Waals surface area contributed by atoms with E-state index in [4.69, 9.17) is 5.73 Å². The highest BCUT2D eigenvalue weighted by atomic mass is 16.2. The van der Waals surface area contributed by atoms with E-state index in [0.717, 1.165) is 12.0 Å². The van der Waals surface area contributed by atoms with Crippen LogP contribution in [0.25, 0.3) is 0 Å². The van der Waals surface area contributed by atoms with Gasteiger partial charge in [0.05, 0.1) is 6.54 Å². The Morgan fingerprint density at radius 1 is 1.19 bits per heavy atom. The molecule has 0 radical (unpaired) electrons. The summed E-state index contributed by atoms with van der Waals surface area (Å²) in [6.45, 7) is 6.34. The van der Waals surface area contributed by atoms with Crippen LogP contribution in [-0.4, -0.2) is 34.4 Å². The van der Waals surface area contributed by atoms with Crippen LogP contribution in [0, 0.1) is 5.92 Å². The zero-order valence-corrected chi connectivity index (χ0v) is 18.8. The van der Waals surface area contributed by atoms with E-state index in [0.29, 0.717) is 30.5 Å². The molecule has 2 aromatic rings. The van der Waals surface area contributed by atoms with E-state index in [-0.39, 0.29) is 23.9 Å². The number of aliphatic imine (C=N–C) groups is 1. The maximum absolute atomic E-state index is 12.9. The number of guanidine groups is 1. The third kappa shape index (κ3) is 4.77. The number of nitrogens with two attached hydrogens (primary N) is 1. The van der Waals surface area contributed by atoms with Gasteiger partial charge in [-0.1, -0.05) is 56.3 Å². The van der Waals surface area contributed by atoms with Gasteiger partial charge in [0.15, 0.2) is 5.96 Å². The lowest BCUT2D eigenvalue weighted by atomic mass is 9.91. The van der Waals surface area contributed by atoms with Crippen LogP contribution < -0.4 is 16.4 Å². The first-order valence-electron chi connectivity index (χ1n) is 11.1. The van der Waals surface area contributed by atoms with Crippen LogP contribution in [0.3, 0.4) is 0 Å². The molecule has 3 atom stereocenters. The average Bonchev–Trinajstić information content (AvgIpc) is 3.47. The van der Waals surface area contributed by atoms with Crippen molar-refractivity contribution in [2.24, 2.45) is 16.6 Å². The fourth-order valence-electron chi connectivity index (χ4n) is 4.47. The molecule has 32 heavy (non-hydrogen) atoms. The van der Waals surface area contributed by atoms with E-state index < -0.39 is 5.54 Å². The van der Waals surface area contributed by atoms with Crippen LogP contribution in [0.1, 0.15) is 50.7 Å². The molecule has 0 bridgehead atoms. The molecular weight excluding hydrogens is 402 g/mol. The molecule has 1 fully saturated rings. The SMILES string of the molecule is CC(C)CC1(C)N=C(N)N(Cc2ccc(NC(=O)NC3C[C@H]3c3ccccc3)cc2)C1=O. The Morgan fingerprint density at radius 3 is 2.53 bits per heavy atom. The minimum Gasteiger partial charge on any atom is -0.369 e. The van der Waals surface area contributed by atoms with E-state index in [2.05, 4.69) is 41.6 Å². The van der Waals surface area contributed by atoms with Gasteiger partial charge in [-0.25, -0.2) is 9.79 Å². The molecule has 1 heterocycles. The summed E-state index contributed by atoms with van der Waals surface area (Å²) in [4.78, 5) is 31.2. The first-order chi connectivity index (χ1) is 15.2. The van der Waals surface area contributed by atoms with Crippen LogP contribution >= 0.6 is 0 Å². The highest BCUT2D eigenvalue weighted by Gasteiger charge is 2.44. The number of carbonyl (C=O) groups excluding carboxylic acids is 2. The minimum atomic E-state index is -0.793. The fourth-order valence-corrected chi connectivity index (χ4v) is 4.47. The number of nitrogens with one attached hydrogen (secondary N) is 2. The molecule has 168 valence electrons. The quantitative estimate of drug-likeness (QED) is 0.619. The molecule has 0 saturated heterocycles. The number of hydrogen-bond acceptors (Lipinski definition) is 4. The summed E-state index contributed by atoms with van der Waals surface area (Å²) in [6, 6.07) is 17.6. The Hall–Kier alpha value is -3.35. The van der Waals surface area contributed by atoms with Crippen LogP contribution in [0.5, 0.6) is 0 Å². The molecule has 7 heteroatoms. The van der Waals surface area contributed by atoms with E-state index in [1.165, 1.54) is 10.5 Å². The highest BCUT2D eigenvalue weighted by molar-refractivity contribution is 6.06. The second-order valence-electron chi connectivity index (χ2n) is 9.39. The fraction of sp³-hybridized carbons (Fsp3) is 0.400. The summed E-state index contributed by atoms with van der Waals surface area (Å²) in [7, 11) is 0. The molecule has 1 saturated carbocycles. The van der Waals surface area contributed by atoms with E-state index in [1.807, 2.05) is 49.4 Å². The monoisotopic (exact) mass is 433 g/mol. The molecule has 3 amide bonds. The number of anilines is 1. The lowest BCUT2D eigenvalue weighted by molar-refractivity contribution is -0.131. The lowest BCUT2D eigenvalue weighted by Gasteiger charge is -2.23. The summed E-state index contributed by atoms with van der Waals surface area (Å²) in [6.07, 6.45) is 1.62. The minimum absolute atomic E-state index is 0.0670. The van der Waals surface area contributed by atoms with Crippen molar-refractivity contribution in [1.29, 1.82) is 0 Å². The second kappa shape index (κ2) is 8.65. The third-order valence-electron chi connectivity index (χ3n) is 6.04. The standard InChI is InChI=1S/C25H31N5O2/c1-16(2)14-25(3)22(31)30(23(26)29-25)15-17-9-11-19(12-10-17)27-24(32)28-21-13-20(21)18-7-5-4-6-8-18/h4-12,16,20-21H,13-15H2,1-3H3,(H2,26,29)(H2,27,28,32)/t20-,21?,25?/m0/s1. The van der Waals surface area contributed by atoms with Crippen LogP contribution in [-0.2, 0) is 11.3 Å². The van der Waals surface area contributed by atoms with Gasteiger partial charge in [-0.3, -0.25) is 9.69 Å². The van der Waals surface area contributed by atoms with Gasteiger partial charge in [0.2, 0.25) is 0 Å². The lowest BCUT2D eigenvalue weighted by Crippen LogP contribution is -2.43. The molecule has 2 unspecified atom stereocenters. The zero-order valence-electron chi connectivity index (χ0n) is 18.8. The highest BCUT2D eigenvalue weighted by Crippen LogP contribution is 2.40. The van der Waals surface area contributed by atoms with E-state index >= 15 is 0 Å². The predicted molar refractivity (Wildman–Crippen MR) is 126 cm³/mol. The molecule has 7 nitrogen and oxygen atoms in total. The van der Waals surface area contributed by atoms with Crippen molar-refractivity contribution in [2.45, 2.75) is 57.7 Å². The molecule has 2 aliphatic rings. The van der Waals surface area contributed by atoms with Gasteiger partial charge in [-0.2, -0.15) is 0 Å². The molecular formula is C25H31N5O2. The van der Waals surface area contributed by atoms with Gasteiger partial charge in [0, 0.05) is 17.6 Å². The summed E-state index contributed by atoms with van der Waals surface area (Å²) in [5.74, 6) is 0.922. The number of benzene rings is 2. The maximum atomic E-state index is 12.9. The number of urea groups is 1. The topological polar surface area (TPSA) is 99.8 Å². The molecule has 4 rings (SSSR count). The van der Waals surface area contributed by atoms with Gasteiger partial charge in [0.25, 0.3) is 5.91 Å². The maximum Gasteiger partial charge on any atom is 0.319 e. The van der Waals surface area contributed by atoms with Gasteiger partial charge in [-0.05, 0) is 48.9 Å². The summed E-state index contributed by atoms with van der Waals surface area (Å²) >= 11 is 0. The van der Waals surface area contributed by atoms with Crippen molar-refractivity contribution in [3.05, 3.63) is 65.7 Å². The van der Waals surface area contributed by atoms with Crippen molar-refractivity contribution >= 4 is 23.6 Å². The molecule has 1 aliphatic carbocycles. The number of hydrogen-bond donors (Lipinski definition) is 3. The number of rotatable bonds is 7. The largest absolute Gasteiger partial charge is 0.369 e. The van der Waals surface area contributed by atoms with Crippen molar-refractivity contribution in [1.82, 2.24) is 10.2 Å². The number of amides is 3. The van der Waals surface area contributed by atoms with Gasteiger partial charge >= 0.3 is 6.03 Å². The molecule has 0 spiro atoms. The number of nitrogens with zero attached hydrogens (tertiary/aromatic N) is 2. The molecule has 4 N–H and O–H groups in total. The van der Waals surface area contributed by atoms with E-state index in [9.17, 15) is 9.59 Å². The van der Waals surface area contributed by atoms with E-state index in [1.54, 1.807) is 0 Å². The Kier molecular flexibility index (Phi) is 5.91. The summed E-state index contributed by atoms with van der Waals surface area (Å²) < 4.78 is 0. The van der Waals surface area contributed by atoms with Crippen molar-refractivity contribution in [3.63, 3.8) is 0 Å². The van der Waals surface area contributed by atoms with Crippen LogP contribution in [0.4, 0.5) is 10.5 Å². The van der Waals surface area contributed by atoms with Gasteiger partial charge in [0.1, 0.15) is 5.54 Å². The Balaban J connectivity index is 1.30. The predicted octanol–water partition coefficient (Wildman–Crippen LogP) is 3.83. The third-order valence-corrected chi connectivity index (χ3v) is 6.04. The molecule has 0 aromatic heterocycles. The second-order valence-corrected chi connectivity index (χ2v) is 9.39. The van der Waals surface area contributed by atoms with Crippen molar-refractivity contribution in [2.75, 3.05) is 5.32 Å². The van der Waals surface area contributed by atoms with Crippen molar-refractivity contribution < 1.29 is 9.59 Å². The van der Waals surface area contributed by atoms with Crippen LogP contribution in [0.15, 0.2) is 59.6 Å². The Bertz CT molecular complexity index is 1020. The Labute approximate surface area is 189 Å². The molecule has 2 aromatic carbocycles. The smallest absolute Gasteiger partial charge is 0.319 e. The normalized spacial score (nSPS) is 24.4. The molecule has 1 aliphatic heterocycles.